The Kier molecular flexibility index (Phi) is 7.98. The highest BCUT2D eigenvalue weighted by atomic mass is 15.1. The van der Waals surface area contributed by atoms with Crippen molar-refractivity contribution in [2.75, 3.05) is 13.1 Å². The van der Waals surface area contributed by atoms with Gasteiger partial charge in [-0.05, 0) is 52.1 Å². The van der Waals surface area contributed by atoms with Gasteiger partial charge in [-0.15, -0.1) is 0 Å². The summed E-state index contributed by atoms with van der Waals surface area (Å²) in [5.41, 5.74) is 10.3. The maximum Gasteiger partial charge on any atom is 0.0307 e. The minimum atomic E-state index is 0.150. The van der Waals surface area contributed by atoms with Gasteiger partial charge in [0, 0.05) is 18.6 Å². The Hall–Kier alpha value is -0.860. The van der Waals surface area contributed by atoms with Crippen LogP contribution in [0.5, 0.6) is 0 Å². The first-order valence-corrected chi connectivity index (χ1v) is 8.55. The fourth-order valence-corrected chi connectivity index (χ4v) is 2.87. The van der Waals surface area contributed by atoms with E-state index in [2.05, 4.69) is 57.7 Å². The van der Waals surface area contributed by atoms with Gasteiger partial charge in [-0.2, -0.15) is 0 Å². The van der Waals surface area contributed by atoms with E-state index < -0.39 is 0 Å². The monoisotopic (exact) mass is 290 g/mol. The molecule has 0 aliphatic heterocycles. The van der Waals surface area contributed by atoms with E-state index in [4.69, 9.17) is 5.73 Å². The zero-order valence-electron chi connectivity index (χ0n) is 14.7. The highest BCUT2D eigenvalue weighted by molar-refractivity contribution is 5.30. The van der Waals surface area contributed by atoms with E-state index >= 15 is 0 Å². The number of unbranched alkanes of at least 4 members (excludes halogenated alkanes) is 1. The summed E-state index contributed by atoms with van der Waals surface area (Å²) in [5, 5.41) is 0. The summed E-state index contributed by atoms with van der Waals surface area (Å²) in [6, 6.07) is 7.48. The van der Waals surface area contributed by atoms with Gasteiger partial charge in [-0.25, -0.2) is 0 Å². The molecular formula is C19H34N2. The van der Waals surface area contributed by atoms with Crippen molar-refractivity contribution in [3.05, 3.63) is 34.9 Å². The van der Waals surface area contributed by atoms with Crippen molar-refractivity contribution in [3.8, 4) is 0 Å². The molecule has 0 radical (unpaired) electrons. The van der Waals surface area contributed by atoms with E-state index in [1.54, 1.807) is 0 Å². The van der Waals surface area contributed by atoms with E-state index in [9.17, 15) is 0 Å². The number of rotatable bonds is 9. The van der Waals surface area contributed by atoms with Crippen molar-refractivity contribution < 1.29 is 0 Å². The van der Waals surface area contributed by atoms with Gasteiger partial charge in [0.25, 0.3) is 0 Å². The second-order valence-corrected chi connectivity index (χ2v) is 6.46. The molecule has 0 saturated heterocycles. The molecule has 2 atom stereocenters. The molecule has 0 aromatic heterocycles. The van der Waals surface area contributed by atoms with Crippen LogP contribution in [0.4, 0.5) is 0 Å². The summed E-state index contributed by atoms with van der Waals surface area (Å²) in [6.07, 6.45) is 4.79. The molecule has 0 aliphatic rings. The Bertz CT molecular complexity index is 394. The normalized spacial score (nSPS) is 14.4. The van der Waals surface area contributed by atoms with Crippen molar-refractivity contribution in [1.82, 2.24) is 4.90 Å². The summed E-state index contributed by atoms with van der Waals surface area (Å²) < 4.78 is 0. The lowest BCUT2D eigenvalue weighted by atomic mass is 9.99. The Labute approximate surface area is 131 Å². The molecular weight excluding hydrogens is 256 g/mol. The van der Waals surface area contributed by atoms with Crippen molar-refractivity contribution in [1.29, 1.82) is 0 Å². The Morgan fingerprint density at radius 3 is 2.19 bits per heavy atom. The van der Waals surface area contributed by atoms with Crippen LogP contribution < -0.4 is 5.73 Å². The first-order chi connectivity index (χ1) is 9.97. The fourth-order valence-electron chi connectivity index (χ4n) is 2.87. The van der Waals surface area contributed by atoms with Crippen molar-refractivity contribution in [2.24, 2.45) is 5.73 Å². The molecule has 2 N–H and O–H groups in total. The van der Waals surface area contributed by atoms with E-state index in [-0.39, 0.29) is 6.04 Å². The minimum absolute atomic E-state index is 0.150. The topological polar surface area (TPSA) is 29.3 Å². The summed E-state index contributed by atoms with van der Waals surface area (Å²) >= 11 is 0. The van der Waals surface area contributed by atoms with Gasteiger partial charge in [0.2, 0.25) is 0 Å². The van der Waals surface area contributed by atoms with Crippen LogP contribution in [0.3, 0.4) is 0 Å². The van der Waals surface area contributed by atoms with Gasteiger partial charge < -0.3 is 10.6 Å². The van der Waals surface area contributed by atoms with Crippen LogP contribution in [0.25, 0.3) is 0 Å². The highest BCUT2D eigenvalue weighted by Gasteiger charge is 2.14. The molecule has 2 nitrogen and oxygen atoms in total. The summed E-state index contributed by atoms with van der Waals surface area (Å²) in [7, 11) is 0. The molecule has 21 heavy (non-hydrogen) atoms. The van der Waals surface area contributed by atoms with Crippen LogP contribution in [0.2, 0.25) is 0 Å². The molecule has 2 heteroatoms. The van der Waals surface area contributed by atoms with E-state index in [0.29, 0.717) is 6.04 Å². The third-order valence-corrected chi connectivity index (χ3v) is 4.41. The molecule has 0 aliphatic carbocycles. The average molecular weight is 290 g/mol. The number of hydrogen-bond donors (Lipinski definition) is 1. The predicted molar refractivity (Wildman–Crippen MR) is 93.7 cm³/mol. The number of nitrogens with two attached hydrogens (primary N) is 1. The molecule has 120 valence electrons. The lowest BCUT2D eigenvalue weighted by molar-refractivity contribution is 0.194. The molecule has 0 fully saturated rings. The van der Waals surface area contributed by atoms with Crippen LogP contribution in [0, 0.1) is 13.8 Å². The van der Waals surface area contributed by atoms with E-state index in [0.717, 1.165) is 13.0 Å². The van der Waals surface area contributed by atoms with E-state index in [1.807, 2.05) is 0 Å². The standard InChI is InChI=1S/C19H34N2/c1-6-8-10-21(17(5)7-2)11-9-19(20)18-13-15(3)12-16(4)14-18/h12-14,17,19H,6-11,20H2,1-5H3. The molecule has 0 amide bonds. The fraction of sp³-hybridized carbons (Fsp3) is 0.684. The highest BCUT2D eigenvalue weighted by Crippen LogP contribution is 2.19. The maximum atomic E-state index is 6.42. The van der Waals surface area contributed by atoms with Crippen LogP contribution in [-0.4, -0.2) is 24.0 Å². The van der Waals surface area contributed by atoms with Crippen molar-refractivity contribution in [2.45, 2.75) is 72.4 Å². The zero-order valence-corrected chi connectivity index (χ0v) is 14.7. The molecule has 2 unspecified atom stereocenters. The number of nitrogens with zero attached hydrogens (tertiary/aromatic N) is 1. The van der Waals surface area contributed by atoms with Gasteiger partial charge in [0.15, 0.2) is 0 Å². The Morgan fingerprint density at radius 1 is 1.05 bits per heavy atom. The summed E-state index contributed by atoms with van der Waals surface area (Å²) in [5.74, 6) is 0. The van der Waals surface area contributed by atoms with Crippen LogP contribution in [0.15, 0.2) is 18.2 Å². The molecule has 0 spiro atoms. The first-order valence-electron chi connectivity index (χ1n) is 8.55. The molecule has 1 aromatic carbocycles. The van der Waals surface area contributed by atoms with Gasteiger partial charge in [-0.3, -0.25) is 0 Å². The van der Waals surface area contributed by atoms with Gasteiger partial charge in [-0.1, -0.05) is 49.6 Å². The van der Waals surface area contributed by atoms with Crippen molar-refractivity contribution in [3.63, 3.8) is 0 Å². The quantitative estimate of drug-likeness (QED) is 0.720. The Morgan fingerprint density at radius 2 is 1.67 bits per heavy atom. The molecule has 0 bridgehead atoms. The van der Waals surface area contributed by atoms with Crippen LogP contribution in [0.1, 0.15) is 69.2 Å². The number of aryl methyl sites for hydroxylation is 2. The Balaban J connectivity index is 2.61. The SMILES string of the molecule is CCCCN(CCC(N)c1cc(C)cc(C)c1)C(C)CC. The predicted octanol–water partition coefficient (Wildman–Crippen LogP) is 4.59. The largest absolute Gasteiger partial charge is 0.324 e. The third kappa shape index (κ3) is 6.19. The molecule has 1 rings (SSSR count). The average Bonchev–Trinajstić information content (AvgIpc) is 2.45. The first kappa shape index (κ1) is 18.2. The lowest BCUT2D eigenvalue weighted by Crippen LogP contribution is -2.35. The second-order valence-electron chi connectivity index (χ2n) is 6.46. The summed E-state index contributed by atoms with van der Waals surface area (Å²) in [6.45, 7) is 13.5. The van der Waals surface area contributed by atoms with Crippen LogP contribution >= 0.6 is 0 Å². The minimum Gasteiger partial charge on any atom is -0.324 e. The van der Waals surface area contributed by atoms with Crippen LogP contribution in [-0.2, 0) is 0 Å². The maximum absolute atomic E-state index is 6.42. The molecule has 1 aromatic rings. The number of hydrogen-bond acceptors (Lipinski definition) is 2. The number of benzene rings is 1. The van der Waals surface area contributed by atoms with Gasteiger partial charge in [0.1, 0.15) is 0 Å². The third-order valence-electron chi connectivity index (χ3n) is 4.41. The lowest BCUT2D eigenvalue weighted by Gasteiger charge is -2.29. The zero-order chi connectivity index (χ0) is 15.8. The van der Waals surface area contributed by atoms with Crippen molar-refractivity contribution >= 4 is 0 Å². The van der Waals surface area contributed by atoms with Gasteiger partial charge >= 0.3 is 0 Å². The summed E-state index contributed by atoms with van der Waals surface area (Å²) in [4.78, 5) is 2.60. The smallest absolute Gasteiger partial charge is 0.0307 e. The molecule has 0 heterocycles. The van der Waals surface area contributed by atoms with Gasteiger partial charge in [0.05, 0.1) is 0 Å². The second kappa shape index (κ2) is 9.22. The van der Waals surface area contributed by atoms with E-state index in [1.165, 1.54) is 42.5 Å². The molecule has 0 saturated carbocycles.